The average Bonchev–Trinajstić information content (AvgIpc) is 3.35. The molecule has 2 heterocycles. The van der Waals surface area contributed by atoms with Crippen LogP contribution < -0.4 is 10.2 Å². The van der Waals surface area contributed by atoms with E-state index in [1.807, 2.05) is 12.3 Å². The van der Waals surface area contributed by atoms with Crippen LogP contribution in [0.5, 0.6) is 0 Å². The molecule has 1 saturated carbocycles. The number of rotatable bonds is 2. The van der Waals surface area contributed by atoms with Crippen molar-refractivity contribution in [1.82, 2.24) is 10.3 Å². The first-order chi connectivity index (χ1) is 10.2. The lowest BCUT2D eigenvalue weighted by Crippen LogP contribution is -2.63. The van der Waals surface area contributed by atoms with Crippen molar-refractivity contribution in [3.8, 4) is 0 Å². The number of pyridine rings is 1. The number of piperazine rings is 1. The molecule has 21 heavy (non-hydrogen) atoms. The van der Waals surface area contributed by atoms with Gasteiger partial charge in [-0.25, -0.2) is 0 Å². The lowest BCUT2D eigenvalue weighted by Gasteiger charge is -2.46. The topological polar surface area (TPSA) is 28.2 Å². The fourth-order valence-electron chi connectivity index (χ4n) is 3.61. The molecule has 4 rings (SSSR count). The highest BCUT2D eigenvalue weighted by Gasteiger charge is 2.45. The first kappa shape index (κ1) is 13.1. The van der Waals surface area contributed by atoms with E-state index >= 15 is 0 Å². The number of hydrogen-bond donors (Lipinski definition) is 1. The Balaban J connectivity index is 1.68. The van der Waals surface area contributed by atoms with Gasteiger partial charge in [-0.15, -0.1) is 0 Å². The smallest absolute Gasteiger partial charge is 0.0703 e. The van der Waals surface area contributed by atoms with Crippen molar-refractivity contribution in [3.05, 3.63) is 36.5 Å². The van der Waals surface area contributed by atoms with Crippen molar-refractivity contribution < 1.29 is 0 Å². The molecule has 0 amide bonds. The van der Waals surface area contributed by atoms with Gasteiger partial charge in [-0.2, -0.15) is 0 Å². The molecule has 1 saturated heterocycles. The van der Waals surface area contributed by atoms with Gasteiger partial charge in [0.25, 0.3) is 0 Å². The van der Waals surface area contributed by atoms with Crippen LogP contribution in [0.15, 0.2) is 36.5 Å². The molecular weight excluding hydrogens is 258 g/mol. The van der Waals surface area contributed by atoms with Gasteiger partial charge in [0.15, 0.2) is 0 Å². The van der Waals surface area contributed by atoms with E-state index < -0.39 is 0 Å². The van der Waals surface area contributed by atoms with E-state index in [0.717, 1.165) is 24.5 Å². The second kappa shape index (κ2) is 4.70. The third-order valence-corrected chi connectivity index (χ3v) is 5.22. The molecule has 0 radical (unpaired) electrons. The van der Waals surface area contributed by atoms with Crippen LogP contribution in [0.25, 0.3) is 10.9 Å². The Labute approximate surface area is 126 Å². The van der Waals surface area contributed by atoms with Crippen LogP contribution in [0.1, 0.15) is 26.7 Å². The molecule has 1 aromatic heterocycles. The summed E-state index contributed by atoms with van der Waals surface area (Å²) in [6.07, 6.45) is 4.79. The summed E-state index contributed by atoms with van der Waals surface area (Å²) in [5.41, 5.74) is 2.60. The highest BCUT2D eigenvalue weighted by molar-refractivity contribution is 5.81. The van der Waals surface area contributed by atoms with E-state index in [2.05, 4.69) is 53.3 Å². The van der Waals surface area contributed by atoms with E-state index in [1.54, 1.807) is 0 Å². The van der Waals surface area contributed by atoms with E-state index in [1.165, 1.54) is 23.9 Å². The fourth-order valence-corrected chi connectivity index (χ4v) is 3.61. The van der Waals surface area contributed by atoms with E-state index in [-0.39, 0.29) is 5.54 Å². The van der Waals surface area contributed by atoms with Crippen LogP contribution in [-0.2, 0) is 0 Å². The number of fused-ring (bicyclic) bond motifs is 1. The standard InChI is InChI=1S/C18H23N3/c1-13-10-20-18(2,15-7-8-15)12-21(13)16-9-14-5-3-4-6-17(14)19-11-16/h3-6,9,11,13,15,20H,7-8,10,12H2,1-2H3. The lowest BCUT2D eigenvalue weighted by molar-refractivity contribution is 0.261. The van der Waals surface area contributed by atoms with Crippen LogP contribution >= 0.6 is 0 Å². The number of aromatic nitrogens is 1. The van der Waals surface area contributed by atoms with Gasteiger partial charge in [0, 0.05) is 30.1 Å². The van der Waals surface area contributed by atoms with Crippen LogP contribution in [-0.4, -0.2) is 29.7 Å². The molecule has 3 nitrogen and oxygen atoms in total. The average molecular weight is 281 g/mol. The molecule has 110 valence electrons. The van der Waals surface area contributed by atoms with Gasteiger partial charge >= 0.3 is 0 Å². The van der Waals surface area contributed by atoms with Crippen LogP contribution in [0.3, 0.4) is 0 Å². The predicted octanol–water partition coefficient (Wildman–Crippen LogP) is 3.20. The first-order valence-corrected chi connectivity index (χ1v) is 8.02. The molecule has 0 spiro atoms. The summed E-state index contributed by atoms with van der Waals surface area (Å²) in [4.78, 5) is 7.17. The van der Waals surface area contributed by atoms with E-state index in [9.17, 15) is 0 Å². The quantitative estimate of drug-likeness (QED) is 0.916. The van der Waals surface area contributed by atoms with Gasteiger partial charge < -0.3 is 10.2 Å². The van der Waals surface area contributed by atoms with Crippen molar-refractivity contribution in [2.45, 2.75) is 38.3 Å². The Kier molecular flexibility index (Phi) is 2.93. The third kappa shape index (κ3) is 2.30. The Morgan fingerprint density at radius 1 is 1.29 bits per heavy atom. The molecule has 1 aromatic carbocycles. The Morgan fingerprint density at radius 2 is 2.10 bits per heavy atom. The minimum atomic E-state index is 0.262. The number of para-hydroxylation sites is 1. The molecule has 2 aliphatic rings. The monoisotopic (exact) mass is 281 g/mol. The van der Waals surface area contributed by atoms with Crippen LogP contribution in [0.4, 0.5) is 5.69 Å². The second-order valence-corrected chi connectivity index (χ2v) is 6.94. The van der Waals surface area contributed by atoms with Gasteiger partial charge in [0.2, 0.25) is 0 Å². The van der Waals surface area contributed by atoms with Gasteiger partial charge in [-0.3, -0.25) is 4.98 Å². The minimum absolute atomic E-state index is 0.262. The summed E-state index contributed by atoms with van der Waals surface area (Å²) in [5.74, 6) is 0.848. The largest absolute Gasteiger partial charge is 0.364 e. The molecule has 1 aliphatic heterocycles. The third-order valence-electron chi connectivity index (χ3n) is 5.22. The van der Waals surface area contributed by atoms with Gasteiger partial charge in [0.05, 0.1) is 17.4 Å². The number of anilines is 1. The number of nitrogens with one attached hydrogen (secondary N) is 1. The van der Waals surface area contributed by atoms with Crippen molar-refractivity contribution in [3.63, 3.8) is 0 Å². The second-order valence-electron chi connectivity index (χ2n) is 6.94. The van der Waals surface area contributed by atoms with Crippen LogP contribution in [0, 0.1) is 5.92 Å². The summed E-state index contributed by atoms with van der Waals surface area (Å²) in [6.45, 7) is 6.82. The Morgan fingerprint density at radius 3 is 2.90 bits per heavy atom. The molecule has 1 N–H and O–H groups in total. The summed E-state index contributed by atoms with van der Waals surface area (Å²) in [7, 11) is 0. The summed E-state index contributed by atoms with van der Waals surface area (Å²) < 4.78 is 0. The van der Waals surface area contributed by atoms with Gasteiger partial charge in [0.1, 0.15) is 0 Å². The minimum Gasteiger partial charge on any atom is -0.364 e. The lowest BCUT2D eigenvalue weighted by atomic mass is 9.91. The van der Waals surface area contributed by atoms with E-state index in [0.29, 0.717) is 6.04 Å². The number of hydrogen-bond acceptors (Lipinski definition) is 3. The zero-order chi connectivity index (χ0) is 14.4. The van der Waals surface area contributed by atoms with Crippen molar-refractivity contribution in [1.29, 1.82) is 0 Å². The van der Waals surface area contributed by atoms with Gasteiger partial charge in [-0.1, -0.05) is 18.2 Å². The summed E-state index contributed by atoms with van der Waals surface area (Å²) in [5, 5.41) is 5.01. The number of nitrogens with zero attached hydrogens (tertiary/aromatic N) is 2. The molecule has 0 bridgehead atoms. The van der Waals surface area contributed by atoms with Crippen molar-refractivity contribution >= 4 is 16.6 Å². The summed E-state index contributed by atoms with van der Waals surface area (Å²) in [6, 6.07) is 11.2. The zero-order valence-corrected chi connectivity index (χ0v) is 12.8. The fraction of sp³-hybridized carbons (Fsp3) is 0.500. The molecule has 3 heteroatoms. The number of benzene rings is 1. The predicted molar refractivity (Wildman–Crippen MR) is 87.7 cm³/mol. The molecular formula is C18H23N3. The Hall–Kier alpha value is -1.61. The van der Waals surface area contributed by atoms with Crippen molar-refractivity contribution in [2.75, 3.05) is 18.0 Å². The molecule has 2 atom stereocenters. The maximum Gasteiger partial charge on any atom is 0.0703 e. The zero-order valence-electron chi connectivity index (χ0n) is 12.8. The normalized spacial score (nSPS) is 29.8. The first-order valence-electron chi connectivity index (χ1n) is 8.02. The highest BCUT2D eigenvalue weighted by atomic mass is 15.3. The van der Waals surface area contributed by atoms with Gasteiger partial charge in [-0.05, 0) is 44.7 Å². The molecule has 2 unspecified atom stereocenters. The SMILES string of the molecule is CC1CNC(C)(C2CC2)CN1c1cnc2ccccc2c1. The Bertz CT molecular complexity index is 664. The maximum atomic E-state index is 4.64. The summed E-state index contributed by atoms with van der Waals surface area (Å²) >= 11 is 0. The van der Waals surface area contributed by atoms with Crippen molar-refractivity contribution in [2.24, 2.45) is 5.92 Å². The van der Waals surface area contributed by atoms with Crippen LogP contribution in [0.2, 0.25) is 0 Å². The highest BCUT2D eigenvalue weighted by Crippen LogP contribution is 2.42. The maximum absolute atomic E-state index is 4.64. The molecule has 1 aliphatic carbocycles. The molecule has 2 fully saturated rings. The van der Waals surface area contributed by atoms with E-state index in [4.69, 9.17) is 0 Å². The molecule has 2 aromatic rings.